The normalized spacial score (nSPS) is 24.9. The maximum absolute atomic E-state index is 14.3. The summed E-state index contributed by atoms with van der Waals surface area (Å²) in [4.78, 5) is 17.1. The van der Waals surface area contributed by atoms with Crippen molar-refractivity contribution in [2.24, 2.45) is 10.8 Å². The van der Waals surface area contributed by atoms with Crippen molar-refractivity contribution in [2.45, 2.75) is 68.6 Å². The minimum absolute atomic E-state index is 0.00993. The third-order valence-electron chi connectivity index (χ3n) is 7.18. The van der Waals surface area contributed by atoms with Crippen molar-refractivity contribution in [1.29, 1.82) is 4.78 Å². The smallest absolute Gasteiger partial charge is 0.320 e. The van der Waals surface area contributed by atoms with E-state index in [4.69, 9.17) is 4.78 Å². The highest BCUT2D eigenvalue weighted by molar-refractivity contribution is 7.91. The summed E-state index contributed by atoms with van der Waals surface area (Å²) in [5, 5.41) is 6.44. The van der Waals surface area contributed by atoms with Gasteiger partial charge in [-0.25, -0.2) is 22.8 Å². The number of carbonyl (C=O) groups excluding carboxylic acids is 1. The second-order valence-corrected chi connectivity index (χ2v) is 12.7. The fraction of sp³-hybridized carbons (Fsp3) is 0.591. The quantitative estimate of drug-likeness (QED) is 0.509. The van der Waals surface area contributed by atoms with E-state index in [0.717, 1.165) is 29.8 Å². The molecular weight excluding hydrogens is 493 g/mol. The summed E-state index contributed by atoms with van der Waals surface area (Å²) in [6.45, 7) is 1.28. The zero-order valence-electron chi connectivity index (χ0n) is 19.0. The van der Waals surface area contributed by atoms with Crippen molar-refractivity contribution in [3.63, 3.8) is 0 Å². The van der Waals surface area contributed by atoms with Crippen LogP contribution in [0.3, 0.4) is 0 Å². The standard InChI is InChI=1S/C22H24F5N5O2S/c1-19(9-21(23,24)10-19)11-32-17(18(33)30-12-3-6-29-14(7-12)35(2,28)34)15(22(25,26)27)16(31-32)13-8-20(13)4-5-20/h3,6-7,13,28H,4-5,8-11H2,1-2H3,(H,29,30,33)/t13?,35-/m0/s1. The molecule has 7 nitrogen and oxygen atoms in total. The molecule has 2 aromatic rings. The Kier molecular flexibility index (Phi) is 4.99. The average Bonchev–Trinajstić information content (AvgIpc) is 3.57. The van der Waals surface area contributed by atoms with Gasteiger partial charge >= 0.3 is 6.18 Å². The fourth-order valence-corrected chi connectivity index (χ4v) is 5.97. The number of pyridine rings is 1. The molecule has 0 bridgehead atoms. The number of nitrogens with one attached hydrogen (secondary N) is 2. The van der Waals surface area contributed by atoms with Crippen molar-refractivity contribution >= 4 is 21.3 Å². The first kappa shape index (κ1) is 24.1. The van der Waals surface area contributed by atoms with Crippen LogP contribution in [0.2, 0.25) is 0 Å². The number of hydrogen-bond donors (Lipinski definition) is 2. The average molecular weight is 518 g/mol. The topological polar surface area (TPSA) is 101 Å². The molecule has 35 heavy (non-hydrogen) atoms. The van der Waals surface area contributed by atoms with Crippen LogP contribution < -0.4 is 5.32 Å². The highest BCUT2D eigenvalue weighted by atomic mass is 32.2. The number of nitrogens with zero attached hydrogens (tertiary/aromatic N) is 3. The maximum Gasteiger partial charge on any atom is 0.420 e. The van der Waals surface area contributed by atoms with Crippen LogP contribution in [-0.4, -0.2) is 37.1 Å². The number of halogens is 5. The van der Waals surface area contributed by atoms with Crippen LogP contribution in [0.15, 0.2) is 23.4 Å². The van der Waals surface area contributed by atoms with Gasteiger partial charge in [-0.3, -0.25) is 9.48 Å². The Balaban J connectivity index is 1.56. The van der Waals surface area contributed by atoms with Gasteiger partial charge in [0.15, 0.2) is 0 Å². The molecule has 3 saturated carbocycles. The molecule has 2 heterocycles. The van der Waals surface area contributed by atoms with Gasteiger partial charge in [0.25, 0.3) is 5.91 Å². The first-order chi connectivity index (χ1) is 16.0. The molecule has 3 aliphatic carbocycles. The van der Waals surface area contributed by atoms with Gasteiger partial charge in [-0.1, -0.05) is 6.92 Å². The van der Waals surface area contributed by atoms with Crippen molar-refractivity contribution in [3.05, 3.63) is 35.3 Å². The zero-order valence-corrected chi connectivity index (χ0v) is 19.8. The molecule has 5 rings (SSSR count). The van der Waals surface area contributed by atoms with Gasteiger partial charge in [0.05, 0.1) is 15.4 Å². The van der Waals surface area contributed by atoms with Gasteiger partial charge in [-0.15, -0.1) is 0 Å². The maximum atomic E-state index is 14.3. The minimum Gasteiger partial charge on any atom is -0.320 e. The number of aromatic nitrogens is 3. The predicted molar refractivity (Wildman–Crippen MR) is 116 cm³/mol. The molecule has 3 aliphatic rings. The Morgan fingerprint density at radius 2 is 1.97 bits per heavy atom. The third-order valence-corrected chi connectivity index (χ3v) is 8.21. The molecule has 1 unspecified atom stereocenters. The summed E-state index contributed by atoms with van der Waals surface area (Å²) in [5.41, 5.74) is -3.24. The second kappa shape index (κ2) is 7.23. The lowest BCUT2D eigenvalue weighted by atomic mass is 9.67. The molecule has 3 fully saturated rings. The summed E-state index contributed by atoms with van der Waals surface area (Å²) >= 11 is 0. The summed E-state index contributed by atoms with van der Waals surface area (Å²) in [6, 6.07) is 2.46. The van der Waals surface area contributed by atoms with E-state index in [2.05, 4.69) is 15.4 Å². The molecule has 2 aromatic heterocycles. The summed E-state index contributed by atoms with van der Waals surface area (Å²) in [7, 11) is -3.23. The van der Waals surface area contributed by atoms with E-state index in [0.29, 0.717) is 6.42 Å². The van der Waals surface area contributed by atoms with Crippen LogP contribution in [0.25, 0.3) is 0 Å². The monoisotopic (exact) mass is 517 g/mol. The zero-order chi connectivity index (χ0) is 25.6. The van der Waals surface area contributed by atoms with E-state index in [1.807, 2.05) is 0 Å². The lowest BCUT2D eigenvalue weighted by Crippen LogP contribution is -2.47. The Bertz CT molecular complexity index is 1320. The molecule has 190 valence electrons. The van der Waals surface area contributed by atoms with E-state index in [1.54, 1.807) is 6.92 Å². The van der Waals surface area contributed by atoms with E-state index in [1.165, 1.54) is 12.3 Å². The number of anilines is 1. The van der Waals surface area contributed by atoms with Crippen LogP contribution in [0.4, 0.5) is 27.6 Å². The van der Waals surface area contributed by atoms with Crippen LogP contribution >= 0.6 is 0 Å². The van der Waals surface area contributed by atoms with Crippen molar-refractivity contribution in [1.82, 2.24) is 14.8 Å². The minimum atomic E-state index is -4.88. The van der Waals surface area contributed by atoms with E-state index < -0.39 is 63.2 Å². The van der Waals surface area contributed by atoms with Crippen molar-refractivity contribution in [3.8, 4) is 0 Å². The first-order valence-electron chi connectivity index (χ1n) is 11.1. The van der Waals surface area contributed by atoms with Gasteiger partial charge < -0.3 is 5.32 Å². The second-order valence-electron chi connectivity index (χ2n) is 10.6. The molecule has 0 aliphatic heterocycles. The molecule has 0 aromatic carbocycles. The lowest BCUT2D eigenvalue weighted by molar-refractivity contribution is -0.160. The number of amides is 1. The molecule has 2 N–H and O–H groups in total. The number of rotatable bonds is 6. The molecular formula is C22H24F5N5O2S. The van der Waals surface area contributed by atoms with Crippen LogP contribution in [-0.2, 0) is 22.5 Å². The Hall–Kier alpha value is -2.57. The lowest BCUT2D eigenvalue weighted by Gasteiger charge is -2.44. The van der Waals surface area contributed by atoms with Gasteiger partial charge in [0.1, 0.15) is 16.3 Å². The highest BCUT2D eigenvalue weighted by Gasteiger charge is 2.66. The molecule has 0 saturated heterocycles. The van der Waals surface area contributed by atoms with Crippen LogP contribution in [0, 0.1) is 15.6 Å². The number of alkyl halides is 5. The Morgan fingerprint density at radius 1 is 1.31 bits per heavy atom. The molecule has 0 radical (unpaired) electrons. The van der Waals surface area contributed by atoms with E-state index in [9.17, 15) is 31.0 Å². The SMILES string of the molecule is CC1(Cn2nc(C3CC34CC4)c(C(F)(F)F)c2C(=O)Nc2ccnc([S@@](C)(=N)=O)c2)CC(F)(F)C1. The van der Waals surface area contributed by atoms with Gasteiger partial charge in [-0.2, -0.15) is 18.3 Å². The molecule has 1 spiro atoms. The van der Waals surface area contributed by atoms with Crippen LogP contribution in [0.5, 0.6) is 0 Å². The van der Waals surface area contributed by atoms with E-state index >= 15 is 0 Å². The van der Waals surface area contributed by atoms with Crippen molar-refractivity contribution in [2.75, 3.05) is 11.6 Å². The van der Waals surface area contributed by atoms with Crippen LogP contribution in [0.1, 0.15) is 66.7 Å². The van der Waals surface area contributed by atoms with Crippen molar-refractivity contribution < 1.29 is 31.0 Å². The Labute approximate surface area is 198 Å². The third kappa shape index (κ3) is 4.43. The summed E-state index contributed by atoms with van der Waals surface area (Å²) in [5.74, 6) is -4.42. The number of hydrogen-bond acceptors (Lipinski definition) is 5. The highest BCUT2D eigenvalue weighted by Crippen LogP contribution is 2.75. The summed E-state index contributed by atoms with van der Waals surface area (Å²) < 4.78 is 90.8. The predicted octanol–water partition coefficient (Wildman–Crippen LogP) is 5.29. The molecule has 13 heteroatoms. The first-order valence-corrected chi connectivity index (χ1v) is 13.1. The van der Waals surface area contributed by atoms with Gasteiger partial charge in [0, 0.05) is 43.4 Å². The molecule has 1 amide bonds. The fourth-order valence-electron chi connectivity index (χ4n) is 5.36. The molecule has 2 atom stereocenters. The van der Waals surface area contributed by atoms with E-state index in [-0.39, 0.29) is 28.4 Å². The Morgan fingerprint density at radius 3 is 2.49 bits per heavy atom. The number of carbonyl (C=O) groups is 1. The largest absolute Gasteiger partial charge is 0.420 e. The summed E-state index contributed by atoms with van der Waals surface area (Å²) in [6.07, 6.45) is -1.42. The van der Waals surface area contributed by atoms with Gasteiger partial charge in [0.2, 0.25) is 5.92 Å². The van der Waals surface area contributed by atoms with Gasteiger partial charge in [-0.05, 0) is 42.2 Å².